The summed E-state index contributed by atoms with van der Waals surface area (Å²) in [5.41, 5.74) is 2.49. The van der Waals surface area contributed by atoms with Crippen molar-refractivity contribution in [3.05, 3.63) is 53.1 Å². The third-order valence-electron chi connectivity index (χ3n) is 3.37. The van der Waals surface area contributed by atoms with Crippen molar-refractivity contribution in [1.29, 1.82) is 0 Å². The van der Waals surface area contributed by atoms with Crippen LogP contribution in [-0.4, -0.2) is 19.1 Å². The third-order valence-corrected chi connectivity index (χ3v) is 3.61. The van der Waals surface area contributed by atoms with E-state index in [1.54, 1.807) is 12.1 Å². The molecule has 1 amide bonds. The second-order valence-corrected chi connectivity index (χ2v) is 6.50. The molecule has 0 heterocycles. The molecule has 2 N–H and O–H groups in total. The van der Waals surface area contributed by atoms with Crippen molar-refractivity contribution in [3.63, 3.8) is 0 Å². The first-order chi connectivity index (χ1) is 11.5. The molecule has 0 atom stereocenters. The van der Waals surface area contributed by atoms with Crippen LogP contribution >= 0.6 is 11.6 Å². The van der Waals surface area contributed by atoms with E-state index in [0.29, 0.717) is 17.5 Å². The second-order valence-electron chi connectivity index (χ2n) is 6.06. The monoisotopic (exact) mass is 346 g/mol. The van der Waals surface area contributed by atoms with Crippen LogP contribution in [0.25, 0.3) is 0 Å². The summed E-state index contributed by atoms with van der Waals surface area (Å²) in [7, 11) is 0. The number of halogens is 1. The Morgan fingerprint density at radius 2 is 1.92 bits per heavy atom. The first-order valence-electron chi connectivity index (χ1n) is 7.97. The molecule has 0 spiro atoms. The third kappa shape index (κ3) is 5.46. The van der Waals surface area contributed by atoms with Gasteiger partial charge in [0.25, 0.3) is 0 Å². The van der Waals surface area contributed by atoms with E-state index < -0.39 is 0 Å². The van der Waals surface area contributed by atoms with Crippen LogP contribution in [0.4, 0.5) is 11.4 Å². The van der Waals surface area contributed by atoms with E-state index in [-0.39, 0.29) is 12.5 Å². The number of amides is 1. The van der Waals surface area contributed by atoms with E-state index in [9.17, 15) is 4.79 Å². The van der Waals surface area contributed by atoms with E-state index >= 15 is 0 Å². The van der Waals surface area contributed by atoms with Gasteiger partial charge in [-0.25, -0.2) is 0 Å². The lowest BCUT2D eigenvalue weighted by Gasteiger charge is -2.15. The number of rotatable bonds is 7. The molecule has 0 radical (unpaired) electrons. The molecule has 128 valence electrons. The van der Waals surface area contributed by atoms with Crippen molar-refractivity contribution >= 4 is 28.9 Å². The summed E-state index contributed by atoms with van der Waals surface area (Å²) in [6, 6.07) is 13.0. The summed E-state index contributed by atoms with van der Waals surface area (Å²) < 4.78 is 5.77. The van der Waals surface area contributed by atoms with Crippen LogP contribution in [0.3, 0.4) is 0 Å². The number of ether oxygens (including phenoxy) is 1. The Labute approximate surface area is 148 Å². The SMILES string of the molecule is Cc1ccc(Cl)cc1NC(=O)CNc1ccccc1OCC(C)C. The molecule has 24 heavy (non-hydrogen) atoms. The standard InChI is InChI=1S/C19H23ClN2O2/c1-13(2)12-24-18-7-5-4-6-16(18)21-11-19(23)22-17-10-15(20)9-8-14(17)3/h4-10,13,21H,11-12H2,1-3H3,(H,22,23). The Balaban J connectivity index is 1.95. The van der Waals surface area contributed by atoms with Gasteiger partial charge in [-0.2, -0.15) is 0 Å². The molecule has 0 aliphatic carbocycles. The number of anilines is 2. The number of benzene rings is 2. The first kappa shape index (κ1) is 18.1. The molecule has 0 fully saturated rings. The van der Waals surface area contributed by atoms with Crippen LogP contribution in [-0.2, 0) is 4.79 Å². The topological polar surface area (TPSA) is 50.4 Å². The number of hydrogen-bond acceptors (Lipinski definition) is 3. The lowest BCUT2D eigenvalue weighted by Crippen LogP contribution is -2.22. The van der Waals surface area contributed by atoms with Crippen LogP contribution in [0.5, 0.6) is 5.75 Å². The molecule has 0 saturated carbocycles. The molecular formula is C19H23ClN2O2. The van der Waals surface area contributed by atoms with Crippen LogP contribution in [0.1, 0.15) is 19.4 Å². The van der Waals surface area contributed by atoms with E-state index in [1.807, 2.05) is 37.3 Å². The van der Waals surface area contributed by atoms with Crippen molar-refractivity contribution in [2.45, 2.75) is 20.8 Å². The van der Waals surface area contributed by atoms with Gasteiger partial charge < -0.3 is 15.4 Å². The van der Waals surface area contributed by atoms with E-state index in [0.717, 1.165) is 22.7 Å². The van der Waals surface area contributed by atoms with Gasteiger partial charge in [0, 0.05) is 10.7 Å². The highest BCUT2D eigenvalue weighted by atomic mass is 35.5. The molecule has 2 rings (SSSR count). The molecule has 2 aromatic rings. The summed E-state index contributed by atoms with van der Waals surface area (Å²) in [4.78, 5) is 12.2. The number of carbonyl (C=O) groups excluding carboxylic acids is 1. The molecule has 5 heteroatoms. The first-order valence-corrected chi connectivity index (χ1v) is 8.35. The second kappa shape index (κ2) is 8.60. The minimum absolute atomic E-state index is 0.140. The van der Waals surface area contributed by atoms with Gasteiger partial charge in [0.2, 0.25) is 5.91 Å². The Bertz CT molecular complexity index is 702. The fourth-order valence-corrected chi connectivity index (χ4v) is 2.27. The summed E-state index contributed by atoms with van der Waals surface area (Å²) >= 11 is 5.97. The Hall–Kier alpha value is -2.20. The van der Waals surface area contributed by atoms with Gasteiger partial charge in [-0.3, -0.25) is 4.79 Å². The highest BCUT2D eigenvalue weighted by Crippen LogP contribution is 2.24. The minimum Gasteiger partial charge on any atom is -0.491 e. The smallest absolute Gasteiger partial charge is 0.243 e. The van der Waals surface area contributed by atoms with Crippen LogP contribution in [0, 0.1) is 12.8 Å². The zero-order chi connectivity index (χ0) is 17.5. The molecule has 0 aliphatic heterocycles. The predicted octanol–water partition coefficient (Wildman–Crippen LogP) is 4.73. The van der Waals surface area contributed by atoms with E-state index in [2.05, 4.69) is 24.5 Å². The van der Waals surface area contributed by atoms with Gasteiger partial charge in [-0.05, 0) is 42.7 Å². The average molecular weight is 347 g/mol. The number of carbonyl (C=O) groups is 1. The highest BCUT2D eigenvalue weighted by Gasteiger charge is 2.08. The molecule has 0 aliphatic rings. The number of hydrogen-bond donors (Lipinski definition) is 2. The summed E-state index contributed by atoms with van der Waals surface area (Å²) in [5.74, 6) is 1.05. The summed E-state index contributed by atoms with van der Waals surface area (Å²) in [5, 5.41) is 6.58. The maximum Gasteiger partial charge on any atom is 0.243 e. The molecule has 0 unspecified atom stereocenters. The van der Waals surface area contributed by atoms with Gasteiger partial charge in [0.1, 0.15) is 5.75 Å². The highest BCUT2D eigenvalue weighted by molar-refractivity contribution is 6.31. The molecule has 2 aromatic carbocycles. The van der Waals surface area contributed by atoms with Crippen LogP contribution in [0.2, 0.25) is 5.02 Å². The van der Waals surface area contributed by atoms with Crippen molar-refractivity contribution < 1.29 is 9.53 Å². The van der Waals surface area contributed by atoms with Crippen molar-refractivity contribution in [3.8, 4) is 5.75 Å². The van der Waals surface area contributed by atoms with Gasteiger partial charge in [-0.1, -0.05) is 43.6 Å². The molecule has 0 aromatic heterocycles. The predicted molar refractivity (Wildman–Crippen MR) is 100 cm³/mol. The van der Waals surface area contributed by atoms with Crippen molar-refractivity contribution in [2.75, 3.05) is 23.8 Å². The number of para-hydroxylation sites is 2. The summed E-state index contributed by atoms with van der Waals surface area (Å²) in [6.07, 6.45) is 0. The zero-order valence-corrected chi connectivity index (χ0v) is 15.0. The van der Waals surface area contributed by atoms with E-state index in [1.165, 1.54) is 0 Å². The van der Waals surface area contributed by atoms with Crippen LogP contribution in [0.15, 0.2) is 42.5 Å². The maximum absolute atomic E-state index is 12.2. The molecule has 0 saturated heterocycles. The van der Waals surface area contributed by atoms with Gasteiger partial charge in [0.15, 0.2) is 0 Å². The van der Waals surface area contributed by atoms with Crippen LogP contribution < -0.4 is 15.4 Å². The molecule has 0 bridgehead atoms. The van der Waals surface area contributed by atoms with Crippen molar-refractivity contribution in [1.82, 2.24) is 0 Å². The average Bonchev–Trinajstić information content (AvgIpc) is 2.55. The lowest BCUT2D eigenvalue weighted by atomic mass is 10.2. The number of aryl methyl sites for hydroxylation is 1. The molecule has 4 nitrogen and oxygen atoms in total. The largest absolute Gasteiger partial charge is 0.491 e. The Kier molecular flexibility index (Phi) is 6.50. The quantitative estimate of drug-likeness (QED) is 0.761. The Morgan fingerprint density at radius 1 is 1.17 bits per heavy atom. The van der Waals surface area contributed by atoms with Crippen molar-refractivity contribution in [2.24, 2.45) is 5.92 Å². The minimum atomic E-state index is -0.140. The fraction of sp³-hybridized carbons (Fsp3) is 0.316. The zero-order valence-electron chi connectivity index (χ0n) is 14.2. The number of nitrogens with one attached hydrogen (secondary N) is 2. The van der Waals surface area contributed by atoms with Gasteiger partial charge >= 0.3 is 0 Å². The fourth-order valence-electron chi connectivity index (χ4n) is 2.09. The normalized spacial score (nSPS) is 10.5. The Morgan fingerprint density at radius 3 is 2.67 bits per heavy atom. The van der Waals surface area contributed by atoms with Gasteiger partial charge in [0.05, 0.1) is 18.8 Å². The maximum atomic E-state index is 12.2. The molecular weight excluding hydrogens is 324 g/mol. The summed E-state index contributed by atoms with van der Waals surface area (Å²) in [6.45, 7) is 6.89. The lowest BCUT2D eigenvalue weighted by molar-refractivity contribution is -0.114. The van der Waals surface area contributed by atoms with E-state index in [4.69, 9.17) is 16.3 Å². The van der Waals surface area contributed by atoms with Gasteiger partial charge in [-0.15, -0.1) is 0 Å².